The maximum atomic E-state index is 13.4. The highest BCUT2D eigenvalue weighted by molar-refractivity contribution is 7.15. The van der Waals surface area contributed by atoms with Crippen molar-refractivity contribution in [2.24, 2.45) is 0 Å². The normalized spacial score (nSPS) is 25.4. The second kappa shape index (κ2) is 6.58. The van der Waals surface area contributed by atoms with Gasteiger partial charge >= 0.3 is 0 Å². The monoisotopic (exact) mass is 386 g/mol. The van der Waals surface area contributed by atoms with E-state index in [1.807, 2.05) is 4.90 Å². The molecule has 2 aromatic heterocycles. The molecule has 1 fully saturated rings. The number of rotatable bonds is 2. The van der Waals surface area contributed by atoms with Gasteiger partial charge in [0.05, 0.1) is 17.7 Å². The zero-order valence-corrected chi connectivity index (χ0v) is 16.5. The predicted octanol–water partition coefficient (Wildman–Crippen LogP) is 3.00. The molecule has 0 radical (unpaired) electrons. The summed E-state index contributed by atoms with van der Waals surface area (Å²) >= 11 is 1.53. The lowest BCUT2D eigenvalue weighted by Crippen LogP contribution is -2.44. The number of nitrogens with zero attached hydrogens (tertiary/aromatic N) is 5. The fraction of sp³-hybridized carbons (Fsp3) is 0.684. The van der Waals surface area contributed by atoms with Crippen molar-refractivity contribution in [2.45, 2.75) is 76.3 Å². The van der Waals surface area contributed by atoms with Crippen molar-refractivity contribution in [3.63, 3.8) is 0 Å². The second-order valence-electron chi connectivity index (χ2n) is 8.06. The van der Waals surface area contributed by atoms with Crippen molar-refractivity contribution in [1.29, 1.82) is 0 Å². The number of anilines is 1. The summed E-state index contributed by atoms with van der Waals surface area (Å²) in [6.07, 6.45) is 7.87. The van der Waals surface area contributed by atoms with Crippen LogP contribution in [0.4, 0.5) is 5.13 Å². The van der Waals surface area contributed by atoms with E-state index in [2.05, 4.69) is 26.7 Å². The summed E-state index contributed by atoms with van der Waals surface area (Å²) in [7, 11) is 0. The van der Waals surface area contributed by atoms with E-state index in [9.17, 15) is 4.79 Å². The SMILES string of the molecule is CC1c2nnc(C3CCCC3)n2CCN1C(=O)C1CCCc2sc(N)nc21. The lowest BCUT2D eigenvalue weighted by Gasteiger charge is -2.36. The summed E-state index contributed by atoms with van der Waals surface area (Å²) < 4.78 is 2.28. The molecule has 5 rings (SSSR count). The number of fused-ring (bicyclic) bond motifs is 2. The highest BCUT2D eigenvalue weighted by Crippen LogP contribution is 2.40. The van der Waals surface area contributed by atoms with Gasteiger partial charge in [0.1, 0.15) is 5.82 Å². The van der Waals surface area contributed by atoms with E-state index in [-0.39, 0.29) is 17.9 Å². The molecule has 1 amide bonds. The van der Waals surface area contributed by atoms with Gasteiger partial charge in [-0.15, -0.1) is 21.5 Å². The van der Waals surface area contributed by atoms with E-state index in [1.54, 1.807) is 0 Å². The third-order valence-electron chi connectivity index (χ3n) is 6.49. The Balaban J connectivity index is 1.40. The third-order valence-corrected chi connectivity index (χ3v) is 7.45. The summed E-state index contributed by atoms with van der Waals surface area (Å²) in [6, 6.07) is -0.0461. The van der Waals surface area contributed by atoms with Crippen LogP contribution in [0.5, 0.6) is 0 Å². The van der Waals surface area contributed by atoms with Gasteiger partial charge in [-0.05, 0) is 39.0 Å². The molecular formula is C19H26N6OS. The molecule has 2 aliphatic carbocycles. The molecule has 2 atom stereocenters. The molecule has 2 N–H and O–H groups in total. The second-order valence-corrected chi connectivity index (χ2v) is 9.18. The number of amides is 1. The smallest absolute Gasteiger partial charge is 0.232 e. The Bertz CT molecular complexity index is 868. The first-order valence-corrected chi connectivity index (χ1v) is 10.9. The van der Waals surface area contributed by atoms with Gasteiger partial charge in [0.2, 0.25) is 5.91 Å². The number of thiazole rings is 1. The first-order chi connectivity index (χ1) is 13.1. The van der Waals surface area contributed by atoms with E-state index >= 15 is 0 Å². The third kappa shape index (κ3) is 2.76. The predicted molar refractivity (Wildman–Crippen MR) is 104 cm³/mol. The van der Waals surface area contributed by atoms with Gasteiger partial charge in [-0.2, -0.15) is 0 Å². The van der Waals surface area contributed by atoms with Crippen LogP contribution in [0, 0.1) is 0 Å². The topological polar surface area (TPSA) is 89.9 Å². The van der Waals surface area contributed by atoms with Gasteiger partial charge in [0.25, 0.3) is 0 Å². The Morgan fingerprint density at radius 2 is 1.89 bits per heavy atom. The minimum atomic E-state index is -0.159. The fourth-order valence-corrected chi connectivity index (χ4v) is 6.01. The highest BCUT2D eigenvalue weighted by Gasteiger charge is 2.38. The first kappa shape index (κ1) is 17.2. The summed E-state index contributed by atoms with van der Waals surface area (Å²) in [6.45, 7) is 3.59. The molecule has 8 heteroatoms. The lowest BCUT2D eigenvalue weighted by atomic mass is 9.89. The average Bonchev–Trinajstić information content (AvgIpc) is 3.39. The number of aromatic nitrogens is 4. The van der Waals surface area contributed by atoms with Crippen LogP contribution in [0.3, 0.4) is 0 Å². The minimum Gasteiger partial charge on any atom is -0.375 e. The largest absolute Gasteiger partial charge is 0.375 e. The Morgan fingerprint density at radius 3 is 2.70 bits per heavy atom. The molecule has 1 aliphatic heterocycles. The zero-order valence-electron chi connectivity index (χ0n) is 15.7. The number of hydrogen-bond donors (Lipinski definition) is 1. The van der Waals surface area contributed by atoms with Gasteiger partial charge in [0.15, 0.2) is 11.0 Å². The van der Waals surface area contributed by atoms with E-state index in [4.69, 9.17) is 5.73 Å². The number of carbonyl (C=O) groups excluding carboxylic acids is 1. The summed E-state index contributed by atoms with van der Waals surface area (Å²) in [5.41, 5.74) is 6.83. The van der Waals surface area contributed by atoms with Crippen molar-refractivity contribution >= 4 is 22.4 Å². The highest BCUT2D eigenvalue weighted by atomic mass is 32.1. The lowest BCUT2D eigenvalue weighted by molar-refractivity contribution is -0.136. The van der Waals surface area contributed by atoms with Crippen molar-refractivity contribution in [2.75, 3.05) is 12.3 Å². The maximum Gasteiger partial charge on any atom is 0.232 e. The standard InChI is InChI=1S/C19H26N6OS/c1-11-16-22-23-17(12-5-2-3-6-12)25(16)10-9-24(11)18(26)13-7-4-8-14-15(13)21-19(20)27-14/h11-13H,2-10H2,1H3,(H2,20,21). The van der Waals surface area contributed by atoms with Crippen LogP contribution in [0.15, 0.2) is 0 Å². The zero-order chi connectivity index (χ0) is 18.5. The molecule has 27 heavy (non-hydrogen) atoms. The van der Waals surface area contributed by atoms with Crippen LogP contribution in [0.25, 0.3) is 0 Å². The van der Waals surface area contributed by atoms with Gasteiger partial charge in [0, 0.05) is 23.9 Å². The van der Waals surface area contributed by atoms with Crippen molar-refractivity contribution < 1.29 is 4.79 Å². The Morgan fingerprint density at radius 1 is 1.11 bits per heavy atom. The van der Waals surface area contributed by atoms with Crippen molar-refractivity contribution in [1.82, 2.24) is 24.6 Å². The Kier molecular flexibility index (Phi) is 4.18. The van der Waals surface area contributed by atoms with Crippen LogP contribution in [-0.4, -0.2) is 37.1 Å². The molecule has 3 aliphatic rings. The summed E-state index contributed by atoms with van der Waals surface area (Å²) in [5.74, 6) is 2.62. The number of carbonyl (C=O) groups is 1. The number of nitrogen functional groups attached to an aromatic ring is 1. The first-order valence-electron chi connectivity index (χ1n) is 10.1. The van der Waals surface area contributed by atoms with Crippen LogP contribution in [0.1, 0.15) is 85.5 Å². The van der Waals surface area contributed by atoms with Gasteiger partial charge < -0.3 is 15.2 Å². The number of nitrogens with two attached hydrogens (primary N) is 1. The minimum absolute atomic E-state index is 0.0461. The Labute approximate surface area is 163 Å². The fourth-order valence-electron chi connectivity index (χ4n) is 5.07. The molecule has 2 aromatic rings. The molecule has 3 heterocycles. The van der Waals surface area contributed by atoms with Gasteiger partial charge in [-0.1, -0.05) is 12.8 Å². The van der Waals surface area contributed by atoms with Crippen LogP contribution in [-0.2, 0) is 17.8 Å². The molecule has 144 valence electrons. The number of aryl methyl sites for hydroxylation is 1. The van der Waals surface area contributed by atoms with Crippen molar-refractivity contribution in [3.05, 3.63) is 22.2 Å². The Hall–Kier alpha value is -1.96. The molecule has 0 bridgehead atoms. The van der Waals surface area contributed by atoms with E-state index < -0.39 is 0 Å². The van der Waals surface area contributed by atoms with Crippen LogP contribution in [0.2, 0.25) is 0 Å². The van der Waals surface area contributed by atoms with E-state index in [0.29, 0.717) is 11.0 Å². The van der Waals surface area contributed by atoms with Crippen molar-refractivity contribution in [3.8, 4) is 0 Å². The quantitative estimate of drug-likeness (QED) is 0.857. The average molecular weight is 387 g/mol. The van der Waals surface area contributed by atoms with Crippen LogP contribution < -0.4 is 5.73 Å². The van der Waals surface area contributed by atoms with E-state index in [0.717, 1.165) is 49.7 Å². The van der Waals surface area contributed by atoms with Gasteiger partial charge in [-0.3, -0.25) is 4.79 Å². The van der Waals surface area contributed by atoms with Crippen LogP contribution >= 0.6 is 11.3 Å². The van der Waals surface area contributed by atoms with Gasteiger partial charge in [-0.25, -0.2) is 4.98 Å². The molecular weight excluding hydrogens is 360 g/mol. The number of hydrogen-bond acceptors (Lipinski definition) is 6. The molecule has 7 nitrogen and oxygen atoms in total. The maximum absolute atomic E-state index is 13.4. The summed E-state index contributed by atoms with van der Waals surface area (Å²) in [5, 5.41) is 9.59. The molecule has 0 spiro atoms. The molecule has 1 saturated carbocycles. The van der Waals surface area contributed by atoms with E-state index in [1.165, 1.54) is 41.9 Å². The molecule has 0 aromatic carbocycles. The molecule has 2 unspecified atom stereocenters. The summed E-state index contributed by atoms with van der Waals surface area (Å²) in [4.78, 5) is 21.1. The molecule has 0 saturated heterocycles.